The lowest BCUT2D eigenvalue weighted by Gasteiger charge is -2.05. The summed E-state index contributed by atoms with van der Waals surface area (Å²) in [6.45, 7) is 0. The molecule has 7 heteroatoms. The summed E-state index contributed by atoms with van der Waals surface area (Å²) in [6.07, 6.45) is 1.73. The first-order chi connectivity index (χ1) is 8.60. The van der Waals surface area contributed by atoms with Gasteiger partial charge in [0.25, 0.3) is 5.91 Å². The molecular formula is C11H12ClN5O. The van der Waals surface area contributed by atoms with Crippen LogP contribution in [0.15, 0.2) is 24.4 Å². The molecule has 18 heavy (non-hydrogen) atoms. The van der Waals surface area contributed by atoms with Crippen LogP contribution < -0.4 is 10.6 Å². The molecule has 1 amide bonds. The largest absolute Gasteiger partial charge is 0.373 e. The third kappa shape index (κ3) is 2.60. The lowest BCUT2D eigenvalue weighted by atomic mass is 10.3. The third-order valence-corrected chi connectivity index (χ3v) is 2.58. The number of pyridine rings is 1. The van der Waals surface area contributed by atoms with Crippen LogP contribution in [0, 0.1) is 0 Å². The maximum Gasteiger partial charge on any atom is 0.277 e. The SMILES string of the molecule is CNc1ccc(Cl)c(C(=O)Nc2ccn(C)n2)n1. The van der Waals surface area contributed by atoms with E-state index < -0.39 is 5.91 Å². The first-order valence-electron chi connectivity index (χ1n) is 5.25. The van der Waals surface area contributed by atoms with Crippen molar-refractivity contribution in [1.82, 2.24) is 14.8 Å². The quantitative estimate of drug-likeness (QED) is 0.887. The predicted molar refractivity (Wildman–Crippen MR) is 70.0 cm³/mol. The fourth-order valence-corrected chi connectivity index (χ4v) is 1.59. The van der Waals surface area contributed by atoms with Gasteiger partial charge in [0.1, 0.15) is 11.5 Å². The summed E-state index contributed by atoms with van der Waals surface area (Å²) in [5.41, 5.74) is 0.161. The van der Waals surface area contributed by atoms with Crippen molar-refractivity contribution in [1.29, 1.82) is 0 Å². The maximum absolute atomic E-state index is 12.0. The highest BCUT2D eigenvalue weighted by Gasteiger charge is 2.14. The van der Waals surface area contributed by atoms with Gasteiger partial charge in [0, 0.05) is 26.4 Å². The van der Waals surface area contributed by atoms with Gasteiger partial charge >= 0.3 is 0 Å². The van der Waals surface area contributed by atoms with Crippen LogP contribution in [-0.2, 0) is 7.05 Å². The fourth-order valence-electron chi connectivity index (χ4n) is 1.40. The zero-order chi connectivity index (χ0) is 13.1. The highest BCUT2D eigenvalue weighted by Crippen LogP contribution is 2.17. The molecule has 0 aliphatic heterocycles. The summed E-state index contributed by atoms with van der Waals surface area (Å²) in [7, 11) is 3.49. The fraction of sp³-hybridized carbons (Fsp3) is 0.182. The van der Waals surface area contributed by atoms with Crippen molar-refractivity contribution in [3.8, 4) is 0 Å². The number of nitrogens with zero attached hydrogens (tertiary/aromatic N) is 3. The normalized spacial score (nSPS) is 10.2. The Morgan fingerprint density at radius 1 is 1.33 bits per heavy atom. The molecule has 0 atom stereocenters. The van der Waals surface area contributed by atoms with Gasteiger partial charge in [-0.05, 0) is 12.1 Å². The van der Waals surface area contributed by atoms with Crippen LogP contribution in [-0.4, -0.2) is 27.7 Å². The minimum absolute atomic E-state index is 0.161. The lowest BCUT2D eigenvalue weighted by molar-refractivity contribution is 0.102. The van der Waals surface area contributed by atoms with E-state index in [4.69, 9.17) is 11.6 Å². The minimum atomic E-state index is -0.393. The van der Waals surface area contributed by atoms with Gasteiger partial charge < -0.3 is 10.6 Å². The summed E-state index contributed by atoms with van der Waals surface area (Å²) in [5.74, 6) is 0.636. The summed E-state index contributed by atoms with van der Waals surface area (Å²) < 4.78 is 1.59. The molecule has 6 nitrogen and oxygen atoms in total. The third-order valence-electron chi connectivity index (χ3n) is 2.27. The van der Waals surface area contributed by atoms with Gasteiger partial charge in [-0.15, -0.1) is 0 Å². The molecule has 0 bridgehead atoms. The monoisotopic (exact) mass is 265 g/mol. The average molecular weight is 266 g/mol. The topological polar surface area (TPSA) is 71.8 Å². The number of nitrogens with one attached hydrogen (secondary N) is 2. The summed E-state index contributed by atoms with van der Waals surface area (Å²) in [4.78, 5) is 16.1. The van der Waals surface area contributed by atoms with Crippen LogP contribution in [0.1, 0.15) is 10.5 Å². The number of hydrogen-bond acceptors (Lipinski definition) is 4. The molecule has 0 aromatic carbocycles. The van der Waals surface area contributed by atoms with Crippen LogP contribution in [0.2, 0.25) is 5.02 Å². The van der Waals surface area contributed by atoms with Gasteiger partial charge in [0.15, 0.2) is 5.82 Å². The molecule has 2 rings (SSSR count). The van der Waals surface area contributed by atoms with E-state index in [1.807, 2.05) is 0 Å². The molecule has 2 aromatic heterocycles. The number of anilines is 2. The van der Waals surface area contributed by atoms with Gasteiger partial charge in [-0.25, -0.2) is 4.98 Å². The molecule has 2 heterocycles. The van der Waals surface area contributed by atoms with Gasteiger partial charge in [-0.1, -0.05) is 11.6 Å². The van der Waals surface area contributed by atoms with E-state index in [0.29, 0.717) is 16.7 Å². The van der Waals surface area contributed by atoms with Crippen molar-refractivity contribution in [2.45, 2.75) is 0 Å². The summed E-state index contributed by atoms with van der Waals surface area (Å²) >= 11 is 5.94. The Hall–Kier alpha value is -2.08. The molecular weight excluding hydrogens is 254 g/mol. The van der Waals surface area contributed by atoms with Crippen molar-refractivity contribution in [2.75, 3.05) is 17.7 Å². The van der Waals surface area contributed by atoms with E-state index in [1.54, 1.807) is 43.2 Å². The lowest BCUT2D eigenvalue weighted by Crippen LogP contribution is -2.15. The van der Waals surface area contributed by atoms with Crippen LogP contribution in [0.4, 0.5) is 11.6 Å². The van der Waals surface area contributed by atoms with Gasteiger partial charge in [-0.2, -0.15) is 5.10 Å². The molecule has 0 unspecified atom stereocenters. The first kappa shape index (κ1) is 12.4. The first-order valence-corrected chi connectivity index (χ1v) is 5.63. The Morgan fingerprint density at radius 2 is 2.11 bits per heavy atom. The Bertz CT molecular complexity index is 581. The zero-order valence-electron chi connectivity index (χ0n) is 9.94. The second-order valence-corrected chi connectivity index (χ2v) is 4.01. The van der Waals surface area contributed by atoms with E-state index in [-0.39, 0.29) is 5.69 Å². The van der Waals surface area contributed by atoms with Crippen LogP contribution in [0.3, 0.4) is 0 Å². The molecule has 0 saturated carbocycles. The number of hydrogen-bond donors (Lipinski definition) is 2. The van der Waals surface area contributed by atoms with E-state index in [1.165, 1.54) is 0 Å². The molecule has 0 saturated heterocycles. The summed E-state index contributed by atoms with van der Waals surface area (Å²) in [5, 5.41) is 9.81. The molecule has 0 aliphatic carbocycles. The highest BCUT2D eigenvalue weighted by molar-refractivity contribution is 6.34. The van der Waals surface area contributed by atoms with Gasteiger partial charge in [0.2, 0.25) is 0 Å². The number of amides is 1. The average Bonchev–Trinajstić information content (AvgIpc) is 2.75. The number of aryl methyl sites for hydroxylation is 1. The molecule has 0 aliphatic rings. The van der Waals surface area contributed by atoms with Gasteiger partial charge in [0.05, 0.1) is 5.02 Å². The van der Waals surface area contributed by atoms with E-state index in [0.717, 1.165) is 0 Å². The van der Waals surface area contributed by atoms with E-state index in [9.17, 15) is 4.79 Å². The predicted octanol–water partition coefficient (Wildman–Crippen LogP) is 1.76. The van der Waals surface area contributed by atoms with E-state index >= 15 is 0 Å². The zero-order valence-corrected chi connectivity index (χ0v) is 10.7. The molecule has 0 spiro atoms. The molecule has 0 fully saturated rings. The number of aromatic nitrogens is 3. The minimum Gasteiger partial charge on any atom is -0.373 e. The maximum atomic E-state index is 12.0. The molecule has 94 valence electrons. The molecule has 2 N–H and O–H groups in total. The Kier molecular flexibility index (Phi) is 3.47. The van der Waals surface area contributed by atoms with Crippen molar-refractivity contribution in [2.24, 2.45) is 7.05 Å². The number of rotatable bonds is 3. The standard InChI is InChI=1S/C11H12ClN5O/c1-13-8-4-3-7(12)10(14-8)11(18)15-9-5-6-17(2)16-9/h3-6H,1-2H3,(H,13,14)(H,15,16,18). The van der Waals surface area contributed by atoms with Crippen molar-refractivity contribution >= 4 is 29.1 Å². The van der Waals surface area contributed by atoms with Crippen molar-refractivity contribution in [3.05, 3.63) is 35.1 Å². The molecule has 0 radical (unpaired) electrons. The second-order valence-electron chi connectivity index (χ2n) is 3.61. The number of carbonyl (C=O) groups is 1. The van der Waals surface area contributed by atoms with Crippen LogP contribution in [0.5, 0.6) is 0 Å². The van der Waals surface area contributed by atoms with Crippen LogP contribution in [0.25, 0.3) is 0 Å². The van der Waals surface area contributed by atoms with Crippen molar-refractivity contribution in [3.63, 3.8) is 0 Å². The molecule has 2 aromatic rings. The number of carbonyl (C=O) groups excluding carboxylic acids is 1. The Balaban J connectivity index is 2.23. The van der Waals surface area contributed by atoms with Crippen molar-refractivity contribution < 1.29 is 4.79 Å². The second kappa shape index (κ2) is 5.05. The van der Waals surface area contributed by atoms with E-state index in [2.05, 4.69) is 20.7 Å². The number of halogens is 1. The van der Waals surface area contributed by atoms with Crippen LogP contribution >= 0.6 is 11.6 Å². The highest BCUT2D eigenvalue weighted by atomic mass is 35.5. The smallest absolute Gasteiger partial charge is 0.277 e. The Morgan fingerprint density at radius 3 is 2.72 bits per heavy atom. The Labute approximate surface area is 109 Å². The van der Waals surface area contributed by atoms with Gasteiger partial charge in [-0.3, -0.25) is 9.48 Å². The summed E-state index contributed by atoms with van der Waals surface area (Å²) in [6, 6.07) is 5.00.